The third-order valence-electron chi connectivity index (χ3n) is 4.59. The SMILES string of the molecule is COc1cccc(OC)c1NC(=O)C1CCCN1C(=O)Nc1ccc(F)cc1. The van der Waals surface area contributed by atoms with Gasteiger partial charge in [0.25, 0.3) is 0 Å². The van der Waals surface area contributed by atoms with E-state index in [0.717, 1.165) is 0 Å². The van der Waals surface area contributed by atoms with E-state index in [4.69, 9.17) is 9.47 Å². The molecular formula is C20H22FN3O4. The summed E-state index contributed by atoms with van der Waals surface area (Å²) in [6.45, 7) is 0.453. The van der Waals surface area contributed by atoms with Crippen molar-refractivity contribution in [3.05, 3.63) is 48.3 Å². The molecule has 1 atom stereocenters. The van der Waals surface area contributed by atoms with Crippen LogP contribution in [0, 0.1) is 5.82 Å². The van der Waals surface area contributed by atoms with Gasteiger partial charge in [-0.15, -0.1) is 0 Å². The lowest BCUT2D eigenvalue weighted by molar-refractivity contribution is -0.119. The quantitative estimate of drug-likeness (QED) is 0.823. The van der Waals surface area contributed by atoms with Gasteiger partial charge in [-0.1, -0.05) is 6.07 Å². The van der Waals surface area contributed by atoms with Crippen molar-refractivity contribution in [2.24, 2.45) is 0 Å². The van der Waals surface area contributed by atoms with Gasteiger partial charge in [-0.05, 0) is 49.2 Å². The van der Waals surface area contributed by atoms with Gasteiger partial charge in [-0.2, -0.15) is 0 Å². The van der Waals surface area contributed by atoms with E-state index in [-0.39, 0.29) is 11.7 Å². The highest BCUT2D eigenvalue weighted by Gasteiger charge is 2.35. The van der Waals surface area contributed by atoms with Crippen LogP contribution in [-0.2, 0) is 4.79 Å². The average Bonchev–Trinajstić information content (AvgIpc) is 3.20. The van der Waals surface area contributed by atoms with Crippen LogP contribution in [0.2, 0.25) is 0 Å². The first-order chi connectivity index (χ1) is 13.5. The lowest BCUT2D eigenvalue weighted by Gasteiger charge is -2.25. The number of nitrogens with zero attached hydrogens (tertiary/aromatic N) is 1. The maximum Gasteiger partial charge on any atom is 0.322 e. The van der Waals surface area contributed by atoms with Gasteiger partial charge < -0.3 is 25.0 Å². The zero-order chi connectivity index (χ0) is 20.1. The van der Waals surface area contributed by atoms with Gasteiger partial charge >= 0.3 is 6.03 Å². The smallest absolute Gasteiger partial charge is 0.322 e. The van der Waals surface area contributed by atoms with Gasteiger partial charge in [0.15, 0.2) is 0 Å². The van der Waals surface area contributed by atoms with Gasteiger partial charge in [0.1, 0.15) is 29.0 Å². The van der Waals surface area contributed by atoms with Gasteiger partial charge in [-0.25, -0.2) is 9.18 Å². The van der Waals surface area contributed by atoms with Crippen molar-refractivity contribution < 1.29 is 23.5 Å². The Bertz CT molecular complexity index is 835. The Morgan fingerprint density at radius 2 is 1.68 bits per heavy atom. The summed E-state index contributed by atoms with van der Waals surface area (Å²) < 4.78 is 23.6. The van der Waals surface area contributed by atoms with Gasteiger partial charge in [-0.3, -0.25) is 4.79 Å². The molecule has 1 saturated heterocycles. The number of halogens is 1. The minimum atomic E-state index is -0.630. The predicted molar refractivity (Wildman–Crippen MR) is 103 cm³/mol. The number of amides is 3. The molecule has 2 aromatic rings. The Labute approximate surface area is 162 Å². The summed E-state index contributed by atoms with van der Waals surface area (Å²) in [5.74, 6) is 0.220. The molecule has 0 bridgehead atoms. The Balaban J connectivity index is 1.73. The molecule has 148 valence electrons. The molecule has 0 aromatic heterocycles. The molecule has 0 spiro atoms. The van der Waals surface area contributed by atoms with Gasteiger partial charge in [0.05, 0.1) is 14.2 Å². The number of carbonyl (C=O) groups is 2. The molecule has 1 aliphatic rings. The molecule has 3 amide bonds. The second kappa shape index (κ2) is 8.60. The largest absolute Gasteiger partial charge is 0.494 e. The van der Waals surface area contributed by atoms with E-state index < -0.39 is 12.1 Å². The normalized spacial score (nSPS) is 15.8. The van der Waals surface area contributed by atoms with Crippen LogP contribution >= 0.6 is 0 Å². The van der Waals surface area contributed by atoms with E-state index in [1.807, 2.05) is 0 Å². The van der Waals surface area contributed by atoms with E-state index >= 15 is 0 Å². The topological polar surface area (TPSA) is 79.9 Å². The number of urea groups is 1. The number of nitrogens with one attached hydrogen (secondary N) is 2. The summed E-state index contributed by atoms with van der Waals surface area (Å²) in [5, 5.41) is 5.51. The van der Waals surface area contributed by atoms with E-state index in [0.29, 0.717) is 42.3 Å². The molecule has 28 heavy (non-hydrogen) atoms. The summed E-state index contributed by atoms with van der Waals surface area (Å²) in [6, 6.07) is 9.61. The number of anilines is 2. The monoisotopic (exact) mass is 387 g/mol. The van der Waals surface area contributed by atoms with Gasteiger partial charge in [0, 0.05) is 12.2 Å². The van der Waals surface area contributed by atoms with E-state index in [1.165, 1.54) is 43.4 Å². The van der Waals surface area contributed by atoms with Crippen molar-refractivity contribution in [3.63, 3.8) is 0 Å². The highest BCUT2D eigenvalue weighted by molar-refractivity contribution is 6.01. The summed E-state index contributed by atoms with van der Waals surface area (Å²) in [5.41, 5.74) is 0.882. The number of methoxy groups -OCH3 is 2. The van der Waals surface area contributed by atoms with Crippen LogP contribution in [0.25, 0.3) is 0 Å². The fourth-order valence-corrected chi connectivity index (χ4v) is 3.19. The van der Waals surface area contributed by atoms with Crippen LogP contribution < -0.4 is 20.1 Å². The van der Waals surface area contributed by atoms with Gasteiger partial charge in [0.2, 0.25) is 5.91 Å². The standard InChI is InChI=1S/C20H22FN3O4/c1-27-16-6-3-7-17(28-2)18(16)23-19(25)15-5-4-12-24(15)20(26)22-14-10-8-13(21)9-11-14/h3,6-11,15H,4-5,12H2,1-2H3,(H,22,26)(H,23,25). The van der Waals surface area contributed by atoms with Crippen LogP contribution in [-0.4, -0.2) is 43.6 Å². The fourth-order valence-electron chi connectivity index (χ4n) is 3.19. The number of ether oxygens (including phenoxy) is 2. The summed E-state index contributed by atoms with van der Waals surface area (Å²) in [7, 11) is 3.00. The fraction of sp³-hybridized carbons (Fsp3) is 0.300. The second-order valence-corrected chi connectivity index (χ2v) is 6.32. The number of benzene rings is 2. The highest BCUT2D eigenvalue weighted by atomic mass is 19.1. The molecule has 1 unspecified atom stereocenters. The molecule has 8 heteroatoms. The first kappa shape index (κ1) is 19.5. The van der Waals surface area contributed by atoms with Crippen LogP contribution in [0.4, 0.5) is 20.6 Å². The number of likely N-dealkylation sites (tertiary alicyclic amines) is 1. The Morgan fingerprint density at radius 3 is 2.29 bits per heavy atom. The maximum absolute atomic E-state index is 13.0. The molecule has 7 nitrogen and oxygen atoms in total. The summed E-state index contributed by atoms with van der Waals surface area (Å²) in [4.78, 5) is 26.9. The van der Waals surface area contributed by atoms with Crippen LogP contribution in [0.1, 0.15) is 12.8 Å². The van der Waals surface area contributed by atoms with E-state index in [1.54, 1.807) is 18.2 Å². The molecule has 0 saturated carbocycles. The van der Waals surface area contributed by atoms with Crippen molar-refractivity contribution >= 4 is 23.3 Å². The van der Waals surface area contributed by atoms with Crippen molar-refractivity contribution in [2.75, 3.05) is 31.4 Å². The van der Waals surface area contributed by atoms with E-state index in [2.05, 4.69) is 10.6 Å². The summed E-state index contributed by atoms with van der Waals surface area (Å²) >= 11 is 0. The Kier molecular flexibility index (Phi) is 5.98. The molecule has 2 aromatic carbocycles. The molecule has 0 radical (unpaired) electrons. The maximum atomic E-state index is 13.0. The lowest BCUT2D eigenvalue weighted by Crippen LogP contribution is -2.45. The zero-order valence-corrected chi connectivity index (χ0v) is 15.7. The first-order valence-corrected chi connectivity index (χ1v) is 8.88. The van der Waals surface area contributed by atoms with Crippen molar-refractivity contribution in [2.45, 2.75) is 18.9 Å². The molecular weight excluding hydrogens is 365 g/mol. The van der Waals surface area contributed by atoms with Crippen molar-refractivity contribution in [3.8, 4) is 11.5 Å². The average molecular weight is 387 g/mol. The molecule has 3 rings (SSSR count). The third kappa shape index (κ3) is 4.16. The molecule has 1 aliphatic heterocycles. The van der Waals surface area contributed by atoms with E-state index in [9.17, 15) is 14.0 Å². The third-order valence-corrected chi connectivity index (χ3v) is 4.59. The minimum Gasteiger partial charge on any atom is -0.494 e. The number of carbonyl (C=O) groups excluding carboxylic acids is 2. The molecule has 1 fully saturated rings. The highest BCUT2D eigenvalue weighted by Crippen LogP contribution is 2.35. The summed E-state index contributed by atoms with van der Waals surface area (Å²) in [6.07, 6.45) is 1.25. The number of rotatable bonds is 5. The molecule has 0 aliphatic carbocycles. The Hall–Kier alpha value is -3.29. The lowest BCUT2D eigenvalue weighted by atomic mass is 10.2. The van der Waals surface area contributed by atoms with Crippen LogP contribution in [0.15, 0.2) is 42.5 Å². The molecule has 2 N–H and O–H groups in total. The zero-order valence-electron chi connectivity index (χ0n) is 15.7. The van der Waals surface area contributed by atoms with Crippen molar-refractivity contribution in [1.29, 1.82) is 0 Å². The second-order valence-electron chi connectivity index (χ2n) is 6.32. The minimum absolute atomic E-state index is 0.324. The number of hydrogen-bond donors (Lipinski definition) is 2. The number of hydrogen-bond acceptors (Lipinski definition) is 4. The number of para-hydroxylation sites is 1. The van der Waals surface area contributed by atoms with Crippen LogP contribution in [0.5, 0.6) is 11.5 Å². The van der Waals surface area contributed by atoms with Crippen LogP contribution in [0.3, 0.4) is 0 Å². The van der Waals surface area contributed by atoms with Crippen molar-refractivity contribution in [1.82, 2.24) is 4.90 Å². The predicted octanol–water partition coefficient (Wildman–Crippen LogP) is 3.48. The first-order valence-electron chi connectivity index (χ1n) is 8.88. The molecule has 1 heterocycles. The Morgan fingerprint density at radius 1 is 1.04 bits per heavy atom.